The van der Waals surface area contributed by atoms with Crippen molar-refractivity contribution in [3.63, 3.8) is 0 Å². The Morgan fingerprint density at radius 1 is 1.19 bits per heavy atom. The number of benzene rings is 2. The first-order valence-corrected chi connectivity index (χ1v) is 7.42. The predicted molar refractivity (Wildman–Crippen MR) is 84.6 cm³/mol. The van der Waals surface area contributed by atoms with Gasteiger partial charge in [0.2, 0.25) is 0 Å². The lowest BCUT2D eigenvalue weighted by atomic mass is 10.2. The number of halogens is 3. The number of hydrogen-bond acceptors (Lipinski definition) is 2. The van der Waals surface area contributed by atoms with E-state index >= 15 is 0 Å². The number of ether oxygens (including phenoxy) is 1. The standard InChI is InChI=1S/C16H16Cl2FNO/c1-2-20-9-11-6-7-15(14(19)8-11)21-10-12-4-3-5-13(17)16(12)18/h3-8,20H,2,9-10H2,1H3. The Balaban J connectivity index is 2.04. The maximum absolute atomic E-state index is 13.9. The third-order valence-corrected chi connectivity index (χ3v) is 3.85. The lowest BCUT2D eigenvalue weighted by Gasteiger charge is -2.10. The van der Waals surface area contributed by atoms with E-state index in [9.17, 15) is 4.39 Å². The number of rotatable bonds is 6. The van der Waals surface area contributed by atoms with Gasteiger partial charge in [0.15, 0.2) is 11.6 Å². The highest BCUT2D eigenvalue weighted by Crippen LogP contribution is 2.27. The van der Waals surface area contributed by atoms with Crippen LogP contribution in [0.4, 0.5) is 4.39 Å². The number of hydrogen-bond donors (Lipinski definition) is 1. The van der Waals surface area contributed by atoms with Gasteiger partial charge in [-0.1, -0.05) is 48.3 Å². The molecule has 2 rings (SSSR count). The van der Waals surface area contributed by atoms with Gasteiger partial charge in [0.1, 0.15) is 6.61 Å². The molecule has 2 nitrogen and oxygen atoms in total. The van der Waals surface area contributed by atoms with Crippen molar-refractivity contribution < 1.29 is 9.13 Å². The molecule has 0 aliphatic carbocycles. The van der Waals surface area contributed by atoms with Crippen LogP contribution < -0.4 is 10.1 Å². The Hall–Kier alpha value is -1.29. The van der Waals surface area contributed by atoms with Gasteiger partial charge >= 0.3 is 0 Å². The zero-order valence-electron chi connectivity index (χ0n) is 11.6. The van der Waals surface area contributed by atoms with Crippen LogP contribution in [0.15, 0.2) is 36.4 Å². The SMILES string of the molecule is CCNCc1ccc(OCc2cccc(Cl)c2Cl)c(F)c1. The Bertz CT molecular complexity index is 619. The van der Waals surface area contributed by atoms with Crippen LogP contribution in [0, 0.1) is 5.82 Å². The van der Waals surface area contributed by atoms with Crippen molar-refractivity contribution in [3.8, 4) is 5.75 Å². The average molecular weight is 328 g/mol. The molecule has 0 aliphatic heterocycles. The molecule has 0 saturated heterocycles. The second-order valence-electron chi connectivity index (χ2n) is 4.55. The molecular formula is C16H16Cl2FNO. The molecule has 2 aromatic rings. The largest absolute Gasteiger partial charge is 0.486 e. The van der Waals surface area contributed by atoms with Crippen molar-refractivity contribution >= 4 is 23.2 Å². The van der Waals surface area contributed by atoms with Gasteiger partial charge in [-0.3, -0.25) is 0 Å². The molecule has 5 heteroatoms. The summed E-state index contributed by atoms with van der Waals surface area (Å²) in [5.41, 5.74) is 1.60. The monoisotopic (exact) mass is 327 g/mol. The van der Waals surface area contributed by atoms with Crippen molar-refractivity contribution in [1.82, 2.24) is 5.32 Å². The van der Waals surface area contributed by atoms with Gasteiger partial charge < -0.3 is 10.1 Å². The molecule has 2 aromatic carbocycles. The van der Waals surface area contributed by atoms with E-state index in [1.54, 1.807) is 24.3 Å². The molecule has 112 valence electrons. The highest BCUT2D eigenvalue weighted by atomic mass is 35.5. The molecule has 0 unspecified atom stereocenters. The fourth-order valence-corrected chi connectivity index (χ4v) is 2.23. The van der Waals surface area contributed by atoms with Crippen LogP contribution in [0.3, 0.4) is 0 Å². The van der Waals surface area contributed by atoms with Gasteiger partial charge in [0, 0.05) is 12.1 Å². The highest BCUT2D eigenvalue weighted by Gasteiger charge is 2.08. The second kappa shape index (κ2) is 7.64. The van der Waals surface area contributed by atoms with Crippen LogP contribution in [-0.4, -0.2) is 6.54 Å². The predicted octanol–water partition coefficient (Wildman–Crippen LogP) is 4.82. The van der Waals surface area contributed by atoms with E-state index in [1.165, 1.54) is 6.07 Å². The van der Waals surface area contributed by atoms with E-state index < -0.39 is 0 Å². The van der Waals surface area contributed by atoms with E-state index in [0.29, 0.717) is 16.6 Å². The minimum absolute atomic E-state index is 0.170. The summed E-state index contributed by atoms with van der Waals surface area (Å²) in [4.78, 5) is 0. The topological polar surface area (TPSA) is 21.3 Å². The van der Waals surface area contributed by atoms with Gasteiger partial charge in [-0.05, 0) is 30.3 Å². The molecule has 0 atom stereocenters. The van der Waals surface area contributed by atoms with Crippen molar-refractivity contribution in [2.24, 2.45) is 0 Å². The summed E-state index contributed by atoms with van der Waals surface area (Å²) >= 11 is 12.0. The third-order valence-electron chi connectivity index (χ3n) is 2.99. The van der Waals surface area contributed by atoms with Crippen LogP contribution in [0.2, 0.25) is 10.0 Å². The lowest BCUT2D eigenvalue weighted by Crippen LogP contribution is -2.11. The van der Waals surface area contributed by atoms with Gasteiger partial charge in [-0.15, -0.1) is 0 Å². The van der Waals surface area contributed by atoms with Crippen LogP contribution in [0.25, 0.3) is 0 Å². The van der Waals surface area contributed by atoms with E-state index in [2.05, 4.69) is 5.32 Å². The van der Waals surface area contributed by atoms with E-state index in [1.807, 2.05) is 13.0 Å². The van der Waals surface area contributed by atoms with E-state index in [4.69, 9.17) is 27.9 Å². The first-order chi connectivity index (χ1) is 10.1. The Morgan fingerprint density at radius 3 is 2.71 bits per heavy atom. The Morgan fingerprint density at radius 2 is 2.00 bits per heavy atom. The third kappa shape index (κ3) is 4.34. The zero-order chi connectivity index (χ0) is 15.2. The summed E-state index contributed by atoms with van der Waals surface area (Å²) in [6.07, 6.45) is 0. The summed E-state index contributed by atoms with van der Waals surface area (Å²) < 4.78 is 19.4. The molecule has 0 aromatic heterocycles. The maximum atomic E-state index is 13.9. The van der Waals surface area contributed by atoms with Crippen LogP contribution in [0.5, 0.6) is 5.75 Å². The molecule has 0 amide bonds. The molecule has 0 saturated carbocycles. The smallest absolute Gasteiger partial charge is 0.165 e. The van der Waals surface area contributed by atoms with E-state index in [0.717, 1.165) is 17.7 Å². The Kier molecular flexibility index (Phi) is 5.85. The fraction of sp³-hybridized carbons (Fsp3) is 0.250. The first-order valence-electron chi connectivity index (χ1n) is 6.66. The average Bonchev–Trinajstić information content (AvgIpc) is 2.48. The van der Waals surface area contributed by atoms with Gasteiger partial charge in [-0.2, -0.15) is 0 Å². The summed E-state index contributed by atoms with van der Waals surface area (Å²) in [6, 6.07) is 10.2. The lowest BCUT2D eigenvalue weighted by molar-refractivity contribution is 0.290. The molecule has 0 heterocycles. The van der Waals surface area contributed by atoms with Crippen LogP contribution >= 0.6 is 23.2 Å². The summed E-state index contributed by atoms with van der Waals surface area (Å²) in [7, 11) is 0. The first kappa shape index (κ1) is 16.1. The molecule has 1 N–H and O–H groups in total. The van der Waals surface area contributed by atoms with Crippen molar-refractivity contribution in [2.75, 3.05) is 6.54 Å². The highest BCUT2D eigenvalue weighted by molar-refractivity contribution is 6.42. The Labute approximate surface area is 133 Å². The molecule has 0 aliphatic rings. The quantitative estimate of drug-likeness (QED) is 0.821. The molecule has 0 bridgehead atoms. The molecule has 21 heavy (non-hydrogen) atoms. The van der Waals surface area contributed by atoms with E-state index in [-0.39, 0.29) is 18.2 Å². The minimum Gasteiger partial charge on any atom is -0.486 e. The summed E-state index contributed by atoms with van der Waals surface area (Å²) in [5, 5.41) is 4.03. The summed E-state index contributed by atoms with van der Waals surface area (Å²) in [5.74, 6) is -0.185. The zero-order valence-corrected chi connectivity index (χ0v) is 13.1. The normalized spacial score (nSPS) is 10.7. The molecule has 0 spiro atoms. The van der Waals surface area contributed by atoms with Crippen molar-refractivity contribution in [1.29, 1.82) is 0 Å². The maximum Gasteiger partial charge on any atom is 0.165 e. The molecule has 0 radical (unpaired) electrons. The van der Waals surface area contributed by atoms with Gasteiger partial charge in [0.25, 0.3) is 0 Å². The minimum atomic E-state index is -0.386. The molecule has 0 fully saturated rings. The fourth-order valence-electron chi connectivity index (χ4n) is 1.86. The van der Waals surface area contributed by atoms with Crippen molar-refractivity contribution in [3.05, 3.63) is 63.4 Å². The van der Waals surface area contributed by atoms with Crippen LogP contribution in [-0.2, 0) is 13.2 Å². The number of nitrogens with one attached hydrogen (secondary N) is 1. The molecular weight excluding hydrogens is 312 g/mol. The summed E-state index contributed by atoms with van der Waals surface area (Å²) in [6.45, 7) is 3.65. The van der Waals surface area contributed by atoms with Gasteiger partial charge in [0.05, 0.1) is 10.0 Å². The second-order valence-corrected chi connectivity index (χ2v) is 5.33. The van der Waals surface area contributed by atoms with Crippen molar-refractivity contribution in [2.45, 2.75) is 20.1 Å². The van der Waals surface area contributed by atoms with Gasteiger partial charge in [-0.25, -0.2) is 4.39 Å². The van der Waals surface area contributed by atoms with Crippen LogP contribution in [0.1, 0.15) is 18.1 Å².